The minimum absolute atomic E-state index is 0.0116. The van der Waals surface area contributed by atoms with Gasteiger partial charge < -0.3 is 10.6 Å². The number of carbonyl (C=O) groups excluding carboxylic acids is 1. The summed E-state index contributed by atoms with van der Waals surface area (Å²) in [5, 5.41) is 5.96. The van der Waals surface area contributed by atoms with Gasteiger partial charge in [0.05, 0.1) is 6.54 Å². The summed E-state index contributed by atoms with van der Waals surface area (Å²) in [7, 11) is -0.799. The highest BCUT2D eigenvalue weighted by Gasteiger charge is 2.06. The molecule has 0 radical (unpaired) electrons. The highest BCUT2D eigenvalue weighted by atomic mass is 32.2. The molecule has 0 aromatic rings. The summed E-state index contributed by atoms with van der Waals surface area (Å²) in [6.45, 7) is 5.83. The first kappa shape index (κ1) is 14.6. The maximum atomic E-state index is 11.2. The van der Waals surface area contributed by atoms with E-state index < -0.39 is 10.8 Å². The first-order valence-corrected chi connectivity index (χ1v) is 6.99. The second kappa shape index (κ2) is 8.85. The molecule has 5 heteroatoms. The maximum absolute atomic E-state index is 11.2. The normalized spacial score (nSPS) is 14.6. The molecule has 2 atom stereocenters. The monoisotopic (exact) mass is 234 g/mol. The molecule has 0 saturated carbocycles. The Labute approximate surface area is 94.7 Å². The summed E-state index contributed by atoms with van der Waals surface area (Å²) in [5.41, 5.74) is 0. The van der Waals surface area contributed by atoms with Gasteiger partial charge in [0.1, 0.15) is 0 Å². The second-order valence-electron chi connectivity index (χ2n) is 3.62. The van der Waals surface area contributed by atoms with Crippen LogP contribution in [0.2, 0.25) is 0 Å². The van der Waals surface area contributed by atoms with Crippen LogP contribution in [0.5, 0.6) is 0 Å². The zero-order chi connectivity index (χ0) is 11.7. The summed E-state index contributed by atoms with van der Waals surface area (Å²) in [6.07, 6.45) is 3.48. The van der Waals surface area contributed by atoms with Gasteiger partial charge >= 0.3 is 0 Å². The molecule has 15 heavy (non-hydrogen) atoms. The zero-order valence-electron chi connectivity index (χ0n) is 9.84. The fourth-order valence-corrected chi connectivity index (χ4v) is 1.47. The Hall–Kier alpha value is -0.420. The van der Waals surface area contributed by atoms with E-state index in [1.807, 2.05) is 6.92 Å². The number of nitrogens with one attached hydrogen (secondary N) is 2. The lowest BCUT2D eigenvalue weighted by Gasteiger charge is -2.09. The third-order valence-corrected chi connectivity index (χ3v) is 3.52. The summed E-state index contributed by atoms with van der Waals surface area (Å²) in [6, 6.07) is 0. The summed E-state index contributed by atoms with van der Waals surface area (Å²) in [5.74, 6) is 0.0116. The van der Waals surface area contributed by atoms with Gasteiger partial charge in [0.25, 0.3) is 0 Å². The Balaban J connectivity index is 3.42. The van der Waals surface area contributed by atoms with Crippen molar-refractivity contribution < 1.29 is 9.00 Å². The van der Waals surface area contributed by atoms with Gasteiger partial charge in [-0.3, -0.25) is 9.00 Å². The van der Waals surface area contributed by atoms with Crippen LogP contribution < -0.4 is 10.6 Å². The van der Waals surface area contributed by atoms with E-state index in [2.05, 4.69) is 17.6 Å². The Morgan fingerprint density at radius 3 is 2.60 bits per heavy atom. The third-order valence-electron chi connectivity index (χ3n) is 2.15. The Morgan fingerprint density at radius 1 is 1.40 bits per heavy atom. The smallest absolute Gasteiger partial charge is 0.233 e. The molecule has 0 aliphatic carbocycles. The molecule has 0 spiro atoms. The van der Waals surface area contributed by atoms with Crippen LogP contribution in [0, 0.1) is 0 Å². The van der Waals surface area contributed by atoms with Crippen molar-refractivity contribution in [1.29, 1.82) is 0 Å². The zero-order valence-corrected chi connectivity index (χ0v) is 10.7. The van der Waals surface area contributed by atoms with E-state index in [1.165, 1.54) is 0 Å². The van der Waals surface area contributed by atoms with Crippen molar-refractivity contribution in [2.75, 3.05) is 25.9 Å². The van der Waals surface area contributed by atoms with E-state index in [1.54, 1.807) is 6.26 Å². The fourth-order valence-electron chi connectivity index (χ4n) is 1.02. The molecule has 0 saturated heterocycles. The quantitative estimate of drug-likeness (QED) is 0.592. The molecule has 0 aliphatic heterocycles. The lowest BCUT2D eigenvalue weighted by molar-refractivity contribution is -0.120. The van der Waals surface area contributed by atoms with E-state index in [0.29, 0.717) is 13.1 Å². The lowest BCUT2D eigenvalue weighted by atomic mass is 10.3. The minimum atomic E-state index is -0.799. The second-order valence-corrected chi connectivity index (χ2v) is 5.43. The van der Waals surface area contributed by atoms with Crippen molar-refractivity contribution in [3.05, 3.63) is 0 Å². The first-order chi connectivity index (χ1) is 7.07. The maximum Gasteiger partial charge on any atom is 0.233 e. The van der Waals surface area contributed by atoms with Crippen molar-refractivity contribution in [1.82, 2.24) is 10.6 Å². The van der Waals surface area contributed by atoms with Crippen LogP contribution in [-0.2, 0) is 15.6 Å². The number of rotatable bonds is 8. The van der Waals surface area contributed by atoms with Crippen LogP contribution in [0.15, 0.2) is 0 Å². The van der Waals surface area contributed by atoms with E-state index in [9.17, 15) is 9.00 Å². The Kier molecular flexibility index (Phi) is 8.61. The molecule has 0 heterocycles. The molecule has 0 aliphatic rings. The van der Waals surface area contributed by atoms with E-state index >= 15 is 0 Å². The Morgan fingerprint density at radius 2 is 2.07 bits per heavy atom. The van der Waals surface area contributed by atoms with Gasteiger partial charge in [-0.2, -0.15) is 0 Å². The highest BCUT2D eigenvalue weighted by molar-refractivity contribution is 7.84. The fraction of sp³-hybridized carbons (Fsp3) is 0.900. The van der Waals surface area contributed by atoms with Crippen LogP contribution in [0.4, 0.5) is 0 Å². The van der Waals surface area contributed by atoms with Crippen LogP contribution in [0.3, 0.4) is 0 Å². The molecule has 4 nitrogen and oxygen atoms in total. The van der Waals surface area contributed by atoms with Gasteiger partial charge in [-0.1, -0.05) is 13.8 Å². The van der Waals surface area contributed by atoms with E-state index in [-0.39, 0.29) is 11.2 Å². The van der Waals surface area contributed by atoms with E-state index in [4.69, 9.17) is 0 Å². The van der Waals surface area contributed by atoms with Gasteiger partial charge in [0.2, 0.25) is 5.91 Å². The predicted octanol–water partition coefficient (Wildman–Crippen LogP) is 0.259. The van der Waals surface area contributed by atoms with Crippen molar-refractivity contribution in [3.8, 4) is 0 Å². The first-order valence-electron chi connectivity index (χ1n) is 5.37. The van der Waals surface area contributed by atoms with Crippen LogP contribution in [0.25, 0.3) is 0 Å². The van der Waals surface area contributed by atoms with Crippen molar-refractivity contribution in [2.24, 2.45) is 0 Å². The molecule has 0 aromatic carbocycles. The van der Waals surface area contributed by atoms with Crippen molar-refractivity contribution in [3.63, 3.8) is 0 Å². The number of hydrogen-bond donors (Lipinski definition) is 2. The number of hydrogen-bond acceptors (Lipinski definition) is 3. The molecule has 0 bridgehead atoms. The molecule has 0 aromatic heterocycles. The molecule has 1 amide bonds. The average Bonchev–Trinajstić information content (AvgIpc) is 2.18. The standard InChI is InChI=1S/C10H22N2O2S/c1-4-6-11-8-10(13)12-7-5-9(2)15(3)14/h9,11H,4-8H2,1-3H3,(H,12,13). The van der Waals surface area contributed by atoms with Gasteiger partial charge in [0.15, 0.2) is 0 Å². The molecule has 0 fully saturated rings. The van der Waals surface area contributed by atoms with Gasteiger partial charge in [0, 0.05) is 28.9 Å². The average molecular weight is 234 g/mol. The van der Waals surface area contributed by atoms with Gasteiger partial charge in [-0.05, 0) is 19.4 Å². The number of carbonyl (C=O) groups is 1. The molecule has 2 N–H and O–H groups in total. The topological polar surface area (TPSA) is 58.2 Å². The van der Waals surface area contributed by atoms with Crippen LogP contribution in [0.1, 0.15) is 26.7 Å². The van der Waals surface area contributed by atoms with Gasteiger partial charge in [-0.15, -0.1) is 0 Å². The molecular formula is C10H22N2O2S. The SMILES string of the molecule is CCCNCC(=O)NCCC(C)S(C)=O. The van der Waals surface area contributed by atoms with Crippen LogP contribution in [-0.4, -0.2) is 41.3 Å². The molecule has 90 valence electrons. The largest absolute Gasteiger partial charge is 0.355 e. The summed E-state index contributed by atoms with van der Waals surface area (Å²) in [4.78, 5) is 11.2. The third kappa shape index (κ3) is 8.57. The Bertz CT molecular complexity index is 210. The minimum Gasteiger partial charge on any atom is -0.355 e. The highest BCUT2D eigenvalue weighted by Crippen LogP contribution is 1.96. The lowest BCUT2D eigenvalue weighted by Crippen LogP contribution is -2.35. The number of amides is 1. The molecular weight excluding hydrogens is 212 g/mol. The van der Waals surface area contributed by atoms with Gasteiger partial charge in [-0.25, -0.2) is 0 Å². The molecule has 0 rings (SSSR count). The van der Waals surface area contributed by atoms with E-state index in [0.717, 1.165) is 19.4 Å². The van der Waals surface area contributed by atoms with Crippen molar-refractivity contribution in [2.45, 2.75) is 31.9 Å². The van der Waals surface area contributed by atoms with Crippen LogP contribution >= 0.6 is 0 Å². The summed E-state index contributed by atoms with van der Waals surface area (Å²) >= 11 is 0. The predicted molar refractivity (Wildman–Crippen MR) is 64.3 cm³/mol. The molecule has 2 unspecified atom stereocenters. The van der Waals surface area contributed by atoms with Crippen molar-refractivity contribution >= 4 is 16.7 Å². The summed E-state index contributed by atoms with van der Waals surface area (Å²) < 4.78 is 11.0.